The molecule has 144 valence electrons. The van der Waals surface area contributed by atoms with Crippen molar-refractivity contribution in [3.05, 3.63) is 71.4 Å². The van der Waals surface area contributed by atoms with E-state index in [0.717, 1.165) is 48.1 Å². The molecule has 1 aliphatic rings. The van der Waals surface area contributed by atoms with Gasteiger partial charge in [0.25, 0.3) is 0 Å². The van der Waals surface area contributed by atoms with E-state index in [1.54, 1.807) is 12.3 Å². The van der Waals surface area contributed by atoms with Gasteiger partial charge < -0.3 is 5.32 Å². The minimum Gasteiger partial charge on any atom is -0.325 e. The van der Waals surface area contributed by atoms with Crippen LogP contribution in [0.25, 0.3) is 22.4 Å². The molecular weight excluding hydrogens is 382 g/mol. The summed E-state index contributed by atoms with van der Waals surface area (Å²) in [5.74, 6) is 0.118. The van der Waals surface area contributed by atoms with Crippen molar-refractivity contribution in [2.45, 2.75) is 25.7 Å². The van der Waals surface area contributed by atoms with Gasteiger partial charge in [0.05, 0.1) is 23.0 Å². The molecule has 4 nitrogen and oxygen atoms in total. The van der Waals surface area contributed by atoms with Crippen LogP contribution in [0.4, 0.5) is 5.69 Å². The zero-order valence-electron chi connectivity index (χ0n) is 15.9. The van der Waals surface area contributed by atoms with Gasteiger partial charge in [-0.05, 0) is 48.7 Å². The lowest BCUT2D eigenvalue weighted by Gasteiger charge is -2.17. The molecule has 0 aliphatic heterocycles. The van der Waals surface area contributed by atoms with Gasteiger partial charge in [-0.15, -0.1) is 0 Å². The molecular formula is C24H20ClN3O. The van der Waals surface area contributed by atoms with Crippen LogP contribution in [0.3, 0.4) is 0 Å². The number of pyridine rings is 1. The number of amides is 1. The van der Waals surface area contributed by atoms with Gasteiger partial charge >= 0.3 is 0 Å². The number of rotatable bonds is 4. The van der Waals surface area contributed by atoms with Crippen LogP contribution in [0.5, 0.6) is 0 Å². The Labute approximate surface area is 175 Å². The molecule has 4 rings (SSSR count). The predicted molar refractivity (Wildman–Crippen MR) is 115 cm³/mol. The number of anilines is 1. The van der Waals surface area contributed by atoms with E-state index in [-0.39, 0.29) is 11.8 Å². The van der Waals surface area contributed by atoms with Crippen molar-refractivity contribution in [1.29, 1.82) is 5.26 Å². The topological polar surface area (TPSA) is 65.8 Å². The Morgan fingerprint density at radius 2 is 1.83 bits per heavy atom. The number of benzene rings is 2. The van der Waals surface area contributed by atoms with E-state index in [0.29, 0.717) is 16.3 Å². The minimum atomic E-state index is 0.0561. The van der Waals surface area contributed by atoms with Gasteiger partial charge in [-0.3, -0.25) is 9.78 Å². The fourth-order valence-corrected chi connectivity index (χ4v) is 3.98. The molecule has 2 aromatic carbocycles. The third-order valence-electron chi connectivity index (χ3n) is 5.33. The first-order valence-electron chi connectivity index (χ1n) is 9.72. The number of nitrogens with zero attached hydrogens (tertiary/aromatic N) is 2. The van der Waals surface area contributed by atoms with Crippen molar-refractivity contribution < 1.29 is 4.79 Å². The summed E-state index contributed by atoms with van der Waals surface area (Å²) in [6.07, 6.45) is 5.77. The Kier molecular flexibility index (Phi) is 5.59. The monoisotopic (exact) mass is 401 g/mol. The first kappa shape index (κ1) is 19.2. The number of nitriles is 1. The maximum Gasteiger partial charge on any atom is 0.227 e. The molecule has 1 fully saturated rings. The SMILES string of the molecule is N#Cc1cccc(-c2nccc(NC(=O)C3CCCC3)c2-c2ccc(Cl)cc2)c1. The maximum absolute atomic E-state index is 12.8. The van der Waals surface area contributed by atoms with E-state index in [2.05, 4.69) is 16.4 Å². The normalized spacial score (nSPS) is 13.8. The summed E-state index contributed by atoms with van der Waals surface area (Å²) in [6, 6.07) is 18.8. The lowest BCUT2D eigenvalue weighted by Crippen LogP contribution is -2.20. The second kappa shape index (κ2) is 8.46. The standard InChI is InChI=1S/C24H20ClN3O/c25-20-10-8-17(9-11-20)22-21(28-24(29)18-5-1-2-6-18)12-13-27-23(22)19-7-3-4-16(14-19)15-26/h3-4,7-14,18H,1-2,5-6H2,(H,27,28,29). The molecule has 0 saturated heterocycles. The minimum absolute atomic E-state index is 0.0561. The van der Waals surface area contributed by atoms with Gasteiger partial charge in [-0.25, -0.2) is 0 Å². The van der Waals surface area contributed by atoms with E-state index in [1.807, 2.05) is 48.5 Å². The smallest absolute Gasteiger partial charge is 0.227 e. The predicted octanol–water partition coefficient (Wildman–Crippen LogP) is 6.07. The number of halogens is 1. The van der Waals surface area contributed by atoms with Gasteiger partial charge in [-0.1, -0.05) is 48.7 Å². The molecule has 0 unspecified atom stereocenters. The second-order valence-electron chi connectivity index (χ2n) is 7.25. The Morgan fingerprint density at radius 3 is 2.55 bits per heavy atom. The molecule has 1 heterocycles. The van der Waals surface area contributed by atoms with Crippen molar-refractivity contribution >= 4 is 23.2 Å². The summed E-state index contributed by atoms with van der Waals surface area (Å²) >= 11 is 6.08. The van der Waals surface area contributed by atoms with Crippen LogP contribution >= 0.6 is 11.6 Å². The summed E-state index contributed by atoms with van der Waals surface area (Å²) in [6.45, 7) is 0. The number of carbonyl (C=O) groups is 1. The zero-order chi connectivity index (χ0) is 20.2. The van der Waals surface area contributed by atoms with Crippen molar-refractivity contribution in [2.24, 2.45) is 5.92 Å². The van der Waals surface area contributed by atoms with Crippen LogP contribution in [0.15, 0.2) is 60.8 Å². The van der Waals surface area contributed by atoms with Crippen LogP contribution in [-0.2, 0) is 4.79 Å². The molecule has 5 heteroatoms. The van der Waals surface area contributed by atoms with Gasteiger partial charge in [0.15, 0.2) is 0 Å². The lowest BCUT2D eigenvalue weighted by atomic mass is 9.96. The molecule has 1 N–H and O–H groups in total. The van der Waals surface area contributed by atoms with Crippen molar-refractivity contribution in [3.8, 4) is 28.5 Å². The average Bonchev–Trinajstić information content (AvgIpc) is 3.29. The van der Waals surface area contributed by atoms with Gasteiger partial charge in [0, 0.05) is 28.3 Å². The van der Waals surface area contributed by atoms with Crippen LogP contribution in [0.1, 0.15) is 31.2 Å². The van der Waals surface area contributed by atoms with E-state index in [4.69, 9.17) is 11.6 Å². The van der Waals surface area contributed by atoms with Crippen LogP contribution in [-0.4, -0.2) is 10.9 Å². The van der Waals surface area contributed by atoms with Crippen molar-refractivity contribution in [1.82, 2.24) is 4.98 Å². The summed E-state index contributed by atoms with van der Waals surface area (Å²) in [7, 11) is 0. The van der Waals surface area contributed by atoms with Gasteiger partial charge in [-0.2, -0.15) is 5.26 Å². The number of nitrogens with one attached hydrogen (secondary N) is 1. The van der Waals surface area contributed by atoms with Crippen LogP contribution < -0.4 is 5.32 Å². The molecule has 0 radical (unpaired) electrons. The highest BCUT2D eigenvalue weighted by Gasteiger charge is 2.24. The molecule has 0 bridgehead atoms. The molecule has 3 aromatic rings. The van der Waals surface area contributed by atoms with Crippen LogP contribution in [0, 0.1) is 17.2 Å². The molecule has 0 atom stereocenters. The number of carbonyl (C=O) groups excluding carboxylic acids is 1. The maximum atomic E-state index is 12.8. The third-order valence-corrected chi connectivity index (χ3v) is 5.58. The molecule has 29 heavy (non-hydrogen) atoms. The largest absolute Gasteiger partial charge is 0.325 e. The molecule has 0 spiro atoms. The van der Waals surface area contributed by atoms with E-state index < -0.39 is 0 Å². The molecule has 1 amide bonds. The average molecular weight is 402 g/mol. The second-order valence-corrected chi connectivity index (χ2v) is 7.69. The molecule has 1 aliphatic carbocycles. The number of hydrogen-bond acceptors (Lipinski definition) is 3. The van der Waals surface area contributed by atoms with E-state index in [1.165, 1.54) is 0 Å². The highest BCUT2D eigenvalue weighted by molar-refractivity contribution is 6.30. The summed E-state index contributed by atoms with van der Waals surface area (Å²) in [5, 5.41) is 13.0. The van der Waals surface area contributed by atoms with Gasteiger partial charge in [0.1, 0.15) is 0 Å². The highest BCUT2D eigenvalue weighted by Crippen LogP contribution is 2.38. The quantitative estimate of drug-likeness (QED) is 0.577. The number of hydrogen-bond donors (Lipinski definition) is 1. The lowest BCUT2D eigenvalue weighted by molar-refractivity contribution is -0.119. The van der Waals surface area contributed by atoms with Crippen molar-refractivity contribution in [2.75, 3.05) is 5.32 Å². The fraction of sp³-hybridized carbons (Fsp3) is 0.208. The Bertz CT molecular complexity index is 1080. The third kappa shape index (κ3) is 4.16. The van der Waals surface area contributed by atoms with Crippen molar-refractivity contribution in [3.63, 3.8) is 0 Å². The van der Waals surface area contributed by atoms with Gasteiger partial charge in [0.2, 0.25) is 5.91 Å². The molecule has 1 saturated carbocycles. The Hall–Kier alpha value is -3.16. The highest BCUT2D eigenvalue weighted by atomic mass is 35.5. The fourth-order valence-electron chi connectivity index (χ4n) is 3.85. The summed E-state index contributed by atoms with van der Waals surface area (Å²) in [5.41, 5.74) is 4.55. The summed E-state index contributed by atoms with van der Waals surface area (Å²) < 4.78 is 0. The number of aromatic nitrogens is 1. The van der Waals surface area contributed by atoms with E-state index in [9.17, 15) is 10.1 Å². The summed E-state index contributed by atoms with van der Waals surface area (Å²) in [4.78, 5) is 17.4. The Morgan fingerprint density at radius 1 is 1.07 bits per heavy atom. The first-order chi connectivity index (χ1) is 14.2. The Balaban J connectivity index is 1.83. The first-order valence-corrected chi connectivity index (χ1v) is 10.1. The zero-order valence-corrected chi connectivity index (χ0v) is 16.6. The molecule has 1 aromatic heterocycles. The van der Waals surface area contributed by atoms with Crippen LogP contribution in [0.2, 0.25) is 5.02 Å². The van der Waals surface area contributed by atoms with E-state index >= 15 is 0 Å².